The molecule has 2 rings (SSSR count). The molecule has 1 aromatic heterocycles. The number of hydrogen-bond acceptors (Lipinski definition) is 13. The molecular formula is C15H19N5O10S2. The summed E-state index contributed by atoms with van der Waals surface area (Å²) in [5.74, 6) is -4.46. The summed E-state index contributed by atoms with van der Waals surface area (Å²) in [7, 11) is -3.07. The molecule has 4 N–H and O–H groups in total. The van der Waals surface area contributed by atoms with Crippen molar-refractivity contribution in [3.8, 4) is 0 Å². The summed E-state index contributed by atoms with van der Waals surface area (Å²) < 4.78 is 40.8. The van der Waals surface area contributed by atoms with E-state index in [2.05, 4.69) is 24.9 Å². The van der Waals surface area contributed by atoms with Gasteiger partial charge in [0.05, 0.1) is 14.2 Å². The maximum atomic E-state index is 12.8. The molecule has 2 amide bonds. The van der Waals surface area contributed by atoms with Gasteiger partial charge in [0.25, 0.3) is 11.8 Å². The molecular weight excluding hydrogens is 474 g/mol. The van der Waals surface area contributed by atoms with Gasteiger partial charge in [0, 0.05) is 5.38 Å². The van der Waals surface area contributed by atoms with Crippen LogP contribution in [0, 0.1) is 0 Å². The summed E-state index contributed by atoms with van der Waals surface area (Å²) in [6.45, 7) is 2.61. The number of carbonyl (C=O) groups is 4. The van der Waals surface area contributed by atoms with Gasteiger partial charge in [0.1, 0.15) is 11.7 Å². The lowest BCUT2D eigenvalue weighted by Gasteiger charge is -2.41. The number of β-lactam (4-membered cyclic amide) rings is 1. The lowest BCUT2D eigenvalue weighted by molar-refractivity contribution is -0.165. The fourth-order valence-corrected chi connectivity index (χ4v) is 3.85. The van der Waals surface area contributed by atoms with Crippen molar-refractivity contribution in [1.29, 1.82) is 0 Å². The maximum Gasteiger partial charge on any atom is 0.363 e. The number of hydrogen-bond donors (Lipinski definition) is 3. The molecule has 0 unspecified atom stereocenters. The van der Waals surface area contributed by atoms with E-state index in [9.17, 15) is 27.6 Å². The number of rotatable bonds is 8. The number of nitrogens with two attached hydrogens (primary N) is 1. The molecule has 0 saturated carbocycles. The van der Waals surface area contributed by atoms with Crippen LogP contribution in [0.2, 0.25) is 0 Å². The van der Waals surface area contributed by atoms with Crippen molar-refractivity contribution in [2.24, 2.45) is 5.16 Å². The van der Waals surface area contributed by atoms with Gasteiger partial charge in [-0.05, 0) is 13.8 Å². The van der Waals surface area contributed by atoms with Crippen molar-refractivity contribution in [3.05, 3.63) is 11.1 Å². The number of oxime groups is 1. The average Bonchev–Trinajstić information content (AvgIpc) is 3.13. The molecule has 1 fully saturated rings. The van der Waals surface area contributed by atoms with E-state index < -0.39 is 57.5 Å². The third kappa shape index (κ3) is 4.94. The first kappa shape index (κ1) is 25.0. The van der Waals surface area contributed by atoms with Crippen molar-refractivity contribution in [2.45, 2.75) is 31.5 Å². The van der Waals surface area contributed by atoms with E-state index in [0.29, 0.717) is 0 Å². The van der Waals surface area contributed by atoms with Gasteiger partial charge >= 0.3 is 22.2 Å². The van der Waals surface area contributed by atoms with Crippen LogP contribution < -0.4 is 11.1 Å². The Morgan fingerprint density at radius 1 is 1.31 bits per heavy atom. The summed E-state index contributed by atoms with van der Waals surface area (Å²) >= 11 is 0.943. The number of amides is 2. The topological polar surface area (TPSA) is 217 Å². The highest BCUT2D eigenvalue weighted by Crippen LogP contribution is 2.25. The lowest BCUT2D eigenvalue weighted by atomic mass is 9.98. The van der Waals surface area contributed by atoms with Crippen molar-refractivity contribution < 1.29 is 46.5 Å². The fraction of sp³-hybridized carbons (Fsp3) is 0.467. The molecule has 0 spiro atoms. The van der Waals surface area contributed by atoms with Gasteiger partial charge in [-0.1, -0.05) is 5.16 Å². The minimum Gasteiger partial charge on any atom is -0.467 e. The number of nitrogen functional groups attached to an aromatic ring is 1. The Morgan fingerprint density at radius 2 is 1.94 bits per heavy atom. The molecule has 17 heteroatoms. The number of methoxy groups -OCH3 is 2. The van der Waals surface area contributed by atoms with Gasteiger partial charge in [-0.25, -0.2) is 14.6 Å². The predicted molar refractivity (Wildman–Crippen MR) is 106 cm³/mol. The standard InChI is InChI=1S/C15H19N5O10S2/c1-15(2,13(24)29-4)30-19-7(6-5-31-14(16)17-6)10(21)18-8-9(12(23)28-3)20(11(8)22)32(25,26)27/h5,8-9H,1-4H3,(H2,16,17)(H,18,21)(H,25,26,27)/t8-,9-/m1/s1. The predicted octanol–water partition coefficient (Wildman–Crippen LogP) is -1.93. The van der Waals surface area contributed by atoms with Crippen molar-refractivity contribution >= 4 is 56.2 Å². The summed E-state index contributed by atoms with van der Waals surface area (Å²) in [5, 5.41) is 7.12. The lowest BCUT2D eigenvalue weighted by Crippen LogP contribution is -2.74. The molecule has 0 aliphatic carbocycles. The fourth-order valence-electron chi connectivity index (χ4n) is 2.47. The molecule has 0 aromatic carbocycles. The minimum absolute atomic E-state index is 0.0532. The SMILES string of the molecule is COC(=O)[C@H]1[C@@H](NC(=O)C(=NOC(C)(C)C(=O)OC)c2csc(N)n2)C(=O)N1S(=O)(=O)O. The third-order valence-corrected chi connectivity index (χ3v) is 5.63. The Kier molecular flexibility index (Phi) is 7.06. The van der Waals surface area contributed by atoms with Crippen molar-refractivity contribution in [1.82, 2.24) is 14.6 Å². The number of thiazole rings is 1. The van der Waals surface area contributed by atoms with Crippen LogP contribution in [0.25, 0.3) is 0 Å². The minimum atomic E-state index is -5.10. The van der Waals surface area contributed by atoms with Crippen LogP contribution in [0.3, 0.4) is 0 Å². The van der Waals surface area contributed by atoms with E-state index in [0.717, 1.165) is 25.6 Å². The highest BCUT2D eigenvalue weighted by Gasteiger charge is 2.58. The number of nitrogens with one attached hydrogen (secondary N) is 1. The van der Waals surface area contributed by atoms with Crippen LogP contribution >= 0.6 is 11.3 Å². The maximum absolute atomic E-state index is 12.8. The Morgan fingerprint density at radius 3 is 2.41 bits per heavy atom. The van der Waals surface area contributed by atoms with Gasteiger partial charge in [0.15, 0.2) is 16.9 Å². The molecule has 2 atom stereocenters. The Hall–Kier alpha value is -3.31. The summed E-state index contributed by atoms with van der Waals surface area (Å²) in [4.78, 5) is 57.7. The quantitative estimate of drug-likeness (QED) is 0.119. The Bertz CT molecular complexity index is 1080. The van der Waals surface area contributed by atoms with Gasteiger partial charge in [0.2, 0.25) is 5.60 Å². The van der Waals surface area contributed by atoms with E-state index in [-0.39, 0.29) is 15.1 Å². The molecule has 2 heterocycles. The molecule has 32 heavy (non-hydrogen) atoms. The molecule has 1 aliphatic rings. The molecule has 1 saturated heterocycles. The smallest absolute Gasteiger partial charge is 0.363 e. The number of anilines is 1. The molecule has 0 radical (unpaired) electrons. The second-order valence-electron chi connectivity index (χ2n) is 6.64. The van der Waals surface area contributed by atoms with Gasteiger partial charge in [-0.3, -0.25) is 14.1 Å². The van der Waals surface area contributed by atoms with Crippen LogP contribution in [-0.4, -0.2) is 83.6 Å². The first-order chi connectivity index (χ1) is 14.7. The summed E-state index contributed by atoms with van der Waals surface area (Å²) in [6.07, 6.45) is 0. The van der Waals surface area contributed by atoms with Crippen molar-refractivity contribution in [2.75, 3.05) is 20.0 Å². The zero-order valence-electron chi connectivity index (χ0n) is 17.1. The normalized spacial score (nSPS) is 19.1. The van der Waals surface area contributed by atoms with E-state index >= 15 is 0 Å². The summed E-state index contributed by atoms with van der Waals surface area (Å²) in [5.41, 5.74) is 3.30. The number of ether oxygens (including phenoxy) is 2. The van der Waals surface area contributed by atoms with Crippen LogP contribution in [0.4, 0.5) is 5.13 Å². The number of aromatic nitrogens is 1. The molecule has 176 valence electrons. The Balaban J connectivity index is 2.36. The third-order valence-electron chi connectivity index (χ3n) is 4.05. The number of nitrogens with zero attached hydrogens (tertiary/aromatic N) is 3. The molecule has 15 nitrogen and oxygen atoms in total. The second kappa shape index (κ2) is 9.05. The van der Waals surface area contributed by atoms with Crippen LogP contribution in [0.15, 0.2) is 10.5 Å². The monoisotopic (exact) mass is 493 g/mol. The van der Waals surface area contributed by atoms with Gasteiger partial charge < -0.3 is 25.4 Å². The highest BCUT2D eigenvalue weighted by molar-refractivity contribution is 7.84. The van der Waals surface area contributed by atoms with E-state index in [1.54, 1.807) is 0 Å². The van der Waals surface area contributed by atoms with Gasteiger partial charge in [-0.15, -0.1) is 11.3 Å². The first-order valence-electron chi connectivity index (χ1n) is 8.50. The van der Waals surface area contributed by atoms with Crippen LogP contribution in [0.1, 0.15) is 19.5 Å². The van der Waals surface area contributed by atoms with E-state index in [1.165, 1.54) is 19.2 Å². The van der Waals surface area contributed by atoms with E-state index in [1.807, 2.05) is 0 Å². The van der Waals surface area contributed by atoms with Crippen LogP contribution in [-0.2, 0) is 43.8 Å². The van der Waals surface area contributed by atoms with Crippen LogP contribution in [0.5, 0.6) is 0 Å². The molecule has 0 bridgehead atoms. The number of carbonyl (C=O) groups excluding carboxylic acids is 4. The first-order valence-corrected chi connectivity index (χ1v) is 10.8. The molecule has 1 aliphatic heterocycles. The zero-order chi connectivity index (χ0) is 24.4. The van der Waals surface area contributed by atoms with Crippen molar-refractivity contribution in [3.63, 3.8) is 0 Å². The second-order valence-corrected chi connectivity index (χ2v) is 8.81. The zero-order valence-corrected chi connectivity index (χ0v) is 18.7. The summed E-state index contributed by atoms with van der Waals surface area (Å²) in [6, 6.07) is -3.58. The Labute approximate surface area is 185 Å². The average molecular weight is 493 g/mol. The van der Waals surface area contributed by atoms with E-state index in [4.69, 9.17) is 15.1 Å². The largest absolute Gasteiger partial charge is 0.467 e. The molecule has 1 aromatic rings. The highest BCUT2D eigenvalue weighted by atomic mass is 32.2. The number of esters is 2. The van der Waals surface area contributed by atoms with Gasteiger partial charge in [-0.2, -0.15) is 12.7 Å².